The van der Waals surface area contributed by atoms with E-state index in [1.54, 1.807) is 5.92 Å². The van der Waals surface area contributed by atoms with Crippen molar-refractivity contribution >= 4 is 0 Å². The molecule has 0 unspecified atom stereocenters. The van der Waals surface area contributed by atoms with Crippen molar-refractivity contribution in [1.82, 2.24) is 0 Å². The monoisotopic (exact) mass is 111 g/mol. The van der Waals surface area contributed by atoms with Crippen molar-refractivity contribution in [3.63, 3.8) is 0 Å². The molecule has 0 N–H and O–H groups in total. The van der Waals surface area contributed by atoms with Gasteiger partial charge in [0, 0.05) is 0 Å². The molecule has 1 saturated carbocycles. The maximum atomic E-state index is 2.35. The second kappa shape index (κ2) is 2.52. The van der Waals surface area contributed by atoms with Gasteiger partial charge in [-0.15, -0.1) is 0 Å². The Balaban J connectivity index is 2.19. The molecule has 1 rings (SSSR count). The molecule has 8 heavy (non-hydrogen) atoms. The Kier molecular flexibility index (Phi) is 1.93. The van der Waals surface area contributed by atoms with Crippen LogP contribution in [0.2, 0.25) is 0 Å². The quantitative estimate of drug-likeness (QED) is 0.451. The van der Waals surface area contributed by atoms with E-state index in [0.29, 0.717) is 0 Å². The van der Waals surface area contributed by atoms with Crippen LogP contribution < -0.4 is 0 Å². The lowest BCUT2D eigenvalue weighted by atomic mass is 9.84. The lowest BCUT2D eigenvalue weighted by molar-refractivity contribution is 0.409. The molecule has 1 aliphatic carbocycles. The van der Waals surface area contributed by atoms with E-state index in [9.17, 15) is 0 Å². The molecule has 1 aliphatic rings. The zero-order valence-electron chi connectivity index (χ0n) is 5.91. The van der Waals surface area contributed by atoms with Crippen molar-refractivity contribution in [2.75, 3.05) is 0 Å². The second-order valence-corrected chi connectivity index (χ2v) is 3.14. The zero-order valence-corrected chi connectivity index (χ0v) is 5.91. The molecule has 0 aliphatic heterocycles. The van der Waals surface area contributed by atoms with E-state index in [1.807, 2.05) is 0 Å². The van der Waals surface area contributed by atoms with Crippen molar-refractivity contribution in [3.05, 3.63) is 5.92 Å². The third kappa shape index (κ3) is 1.50. The van der Waals surface area contributed by atoms with Crippen LogP contribution in [-0.4, -0.2) is 0 Å². The van der Waals surface area contributed by atoms with E-state index >= 15 is 0 Å². The Morgan fingerprint density at radius 1 is 1.25 bits per heavy atom. The number of hydrogen-bond acceptors (Lipinski definition) is 0. The first-order valence-corrected chi connectivity index (χ1v) is 3.60. The lowest BCUT2D eigenvalue weighted by Crippen LogP contribution is -2.06. The van der Waals surface area contributed by atoms with Gasteiger partial charge in [-0.2, -0.15) is 0 Å². The number of rotatable bonds is 0. The van der Waals surface area contributed by atoms with Gasteiger partial charge in [0.1, 0.15) is 0 Å². The van der Waals surface area contributed by atoms with Gasteiger partial charge >= 0.3 is 0 Å². The molecule has 0 nitrogen and oxygen atoms in total. The first-order chi connectivity index (χ1) is 3.79. The van der Waals surface area contributed by atoms with E-state index in [4.69, 9.17) is 0 Å². The summed E-state index contributed by atoms with van der Waals surface area (Å²) in [5.74, 6) is 2.71. The molecule has 0 atom stereocenters. The summed E-state index contributed by atoms with van der Waals surface area (Å²) in [6, 6.07) is 0. The SMILES string of the molecule is C[C]1CCC(C)CC1. The molecule has 47 valence electrons. The summed E-state index contributed by atoms with van der Waals surface area (Å²) in [6.07, 6.45) is 5.65. The van der Waals surface area contributed by atoms with Crippen molar-refractivity contribution in [2.45, 2.75) is 39.5 Å². The Bertz CT molecular complexity index is 48.4. The van der Waals surface area contributed by atoms with Gasteiger partial charge in [0.15, 0.2) is 0 Å². The van der Waals surface area contributed by atoms with Gasteiger partial charge in [-0.05, 0) is 24.7 Å². The van der Waals surface area contributed by atoms with Crippen LogP contribution in [0.5, 0.6) is 0 Å². The average Bonchev–Trinajstić information content (AvgIpc) is 1.77. The van der Waals surface area contributed by atoms with E-state index in [2.05, 4.69) is 13.8 Å². The highest BCUT2D eigenvalue weighted by atomic mass is 14.2. The van der Waals surface area contributed by atoms with Gasteiger partial charge in [-0.1, -0.05) is 26.7 Å². The van der Waals surface area contributed by atoms with Gasteiger partial charge in [0.05, 0.1) is 0 Å². The summed E-state index contributed by atoms with van der Waals surface area (Å²) in [5, 5.41) is 0. The Hall–Kier alpha value is 0. The predicted molar refractivity (Wildman–Crippen MR) is 36.5 cm³/mol. The highest BCUT2D eigenvalue weighted by Crippen LogP contribution is 2.28. The minimum atomic E-state index is 0.999. The van der Waals surface area contributed by atoms with Crippen molar-refractivity contribution in [2.24, 2.45) is 5.92 Å². The van der Waals surface area contributed by atoms with E-state index in [1.165, 1.54) is 25.7 Å². The largest absolute Gasteiger partial charge is 0.0625 e. The first kappa shape index (κ1) is 6.12. The van der Waals surface area contributed by atoms with Crippen molar-refractivity contribution in [1.29, 1.82) is 0 Å². The summed E-state index contributed by atoms with van der Waals surface area (Å²) in [6.45, 7) is 4.64. The molecule has 0 heteroatoms. The second-order valence-electron chi connectivity index (χ2n) is 3.14. The fourth-order valence-electron chi connectivity index (χ4n) is 1.25. The molecule has 0 amide bonds. The van der Waals surface area contributed by atoms with Gasteiger partial charge < -0.3 is 0 Å². The van der Waals surface area contributed by atoms with Crippen LogP contribution in [-0.2, 0) is 0 Å². The van der Waals surface area contributed by atoms with Crippen molar-refractivity contribution < 1.29 is 0 Å². The zero-order chi connectivity index (χ0) is 5.98. The van der Waals surface area contributed by atoms with Gasteiger partial charge in [-0.25, -0.2) is 0 Å². The molecule has 0 heterocycles. The molecule has 0 aromatic heterocycles. The summed E-state index contributed by atoms with van der Waals surface area (Å²) in [7, 11) is 0. The number of hydrogen-bond donors (Lipinski definition) is 0. The molecule has 0 aromatic rings. The molecule has 1 radical (unpaired) electrons. The normalized spacial score (nSPS) is 26.2. The van der Waals surface area contributed by atoms with Gasteiger partial charge in [-0.3, -0.25) is 0 Å². The molecule has 1 fully saturated rings. The minimum absolute atomic E-state index is 0.999. The molecular formula is C8H15. The van der Waals surface area contributed by atoms with Crippen LogP contribution in [0.1, 0.15) is 39.5 Å². The van der Waals surface area contributed by atoms with E-state index in [-0.39, 0.29) is 0 Å². The fraction of sp³-hybridized carbons (Fsp3) is 0.875. The molecule has 0 aromatic carbocycles. The summed E-state index contributed by atoms with van der Waals surface area (Å²) < 4.78 is 0. The van der Waals surface area contributed by atoms with Crippen LogP contribution in [0.4, 0.5) is 0 Å². The highest BCUT2D eigenvalue weighted by molar-refractivity contribution is 4.88. The lowest BCUT2D eigenvalue weighted by Gasteiger charge is -2.21. The topological polar surface area (TPSA) is 0 Å². The fourth-order valence-corrected chi connectivity index (χ4v) is 1.25. The third-order valence-electron chi connectivity index (χ3n) is 2.13. The smallest absolute Gasteiger partial charge is 0.0272 e. The van der Waals surface area contributed by atoms with Crippen molar-refractivity contribution in [3.8, 4) is 0 Å². The maximum absolute atomic E-state index is 2.35. The van der Waals surface area contributed by atoms with Crippen LogP contribution in [0.3, 0.4) is 0 Å². The Morgan fingerprint density at radius 2 is 1.75 bits per heavy atom. The summed E-state index contributed by atoms with van der Waals surface area (Å²) in [5.41, 5.74) is 0. The maximum Gasteiger partial charge on any atom is -0.0272 e. The highest BCUT2D eigenvalue weighted by Gasteiger charge is 2.13. The van der Waals surface area contributed by atoms with Gasteiger partial charge in [0.25, 0.3) is 0 Å². The molecule has 0 spiro atoms. The molecule has 0 saturated heterocycles. The van der Waals surface area contributed by atoms with Gasteiger partial charge in [0.2, 0.25) is 0 Å². The standard InChI is InChI=1S/C8H15/c1-7-3-5-8(2)6-4-7/h7H,3-6H2,1-2H3. The van der Waals surface area contributed by atoms with Crippen LogP contribution in [0.15, 0.2) is 0 Å². The molecular weight excluding hydrogens is 96.1 g/mol. The van der Waals surface area contributed by atoms with E-state index in [0.717, 1.165) is 5.92 Å². The first-order valence-electron chi connectivity index (χ1n) is 3.60. The summed E-state index contributed by atoms with van der Waals surface area (Å²) >= 11 is 0. The van der Waals surface area contributed by atoms with Crippen LogP contribution in [0, 0.1) is 11.8 Å². The Labute approximate surface area is 52.3 Å². The average molecular weight is 111 g/mol. The minimum Gasteiger partial charge on any atom is -0.0625 e. The molecule has 0 bridgehead atoms. The van der Waals surface area contributed by atoms with Crippen LogP contribution >= 0.6 is 0 Å². The Morgan fingerprint density at radius 3 is 2.12 bits per heavy atom. The third-order valence-corrected chi connectivity index (χ3v) is 2.13. The predicted octanol–water partition coefficient (Wildman–Crippen LogP) is 2.79. The summed E-state index contributed by atoms with van der Waals surface area (Å²) in [4.78, 5) is 0. The van der Waals surface area contributed by atoms with E-state index < -0.39 is 0 Å². The van der Waals surface area contributed by atoms with Crippen LogP contribution in [0.25, 0.3) is 0 Å².